The molecule has 2 aromatic carbocycles. The molecule has 30 heavy (non-hydrogen) atoms. The van der Waals surface area contributed by atoms with Gasteiger partial charge in [-0.3, -0.25) is 4.79 Å². The second kappa shape index (κ2) is 10.8. The molecule has 1 heterocycles. The maximum absolute atomic E-state index is 12.4. The van der Waals surface area contributed by atoms with Gasteiger partial charge in [-0.25, -0.2) is 13.1 Å². The first-order valence-electron chi connectivity index (χ1n) is 9.54. The van der Waals surface area contributed by atoms with E-state index in [1.54, 1.807) is 23.1 Å². The van der Waals surface area contributed by atoms with Crippen LogP contribution in [-0.2, 0) is 16.4 Å². The number of nitrogens with one attached hydrogen (secondary N) is 2. The minimum absolute atomic E-state index is 0.153. The van der Waals surface area contributed by atoms with Crippen LogP contribution in [0.4, 0.5) is 0 Å². The minimum Gasteiger partial charge on any atom is -0.351 e. The highest BCUT2D eigenvalue weighted by Crippen LogP contribution is 2.17. The molecule has 8 heteroatoms. The van der Waals surface area contributed by atoms with Crippen molar-refractivity contribution in [3.8, 4) is 0 Å². The zero-order chi connectivity index (χ0) is 21.4. The van der Waals surface area contributed by atoms with Crippen LogP contribution in [0, 0.1) is 6.92 Å². The van der Waals surface area contributed by atoms with Crippen LogP contribution >= 0.6 is 23.1 Å². The van der Waals surface area contributed by atoms with Gasteiger partial charge in [0.1, 0.15) is 0 Å². The van der Waals surface area contributed by atoms with Gasteiger partial charge < -0.3 is 5.32 Å². The van der Waals surface area contributed by atoms with Crippen molar-refractivity contribution in [2.24, 2.45) is 0 Å². The van der Waals surface area contributed by atoms with E-state index in [2.05, 4.69) is 34.3 Å². The van der Waals surface area contributed by atoms with Gasteiger partial charge in [0.05, 0.1) is 4.90 Å². The molecule has 5 nitrogen and oxygen atoms in total. The van der Waals surface area contributed by atoms with Crippen molar-refractivity contribution in [3.63, 3.8) is 0 Å². The number of hydrogen-bond donors (Lipinski definition) is 2. The number of benzene rings is 2. The Morgan fingerprint density at radius 1 is 1.00 bits per heavy atom. The summed E-state index contributed by atoms with van der Waals surface area (Å²) in [5, 5.41) is 4.83. The van der Waals surface area contributed by atoms with Gasteiger partial charge in [-0.05, 0) is 61.2 Å². The van der Waals surface area contributed by atoms with Gasteiger partial charge >= 0.3 is 0 Å². The lowest BCUT2D eigenvalue weighted by Crippen LogP contribution is -2.27. The molecular formula is C22H24N2O3S3. The summed E-state index contributed by atoms with van der Waals surface area (Å²) in [5.41, 5.74) is 1.66. The molecule has 0 bridgehead atoms. The van der Waals surface area contributed by atoms with Crippen molar-refractivity contribution >= 4 is 39.0 Å². The van der Waals surface area contributed by atoms with E-state index in [1.165, 1.54) is 29.8 Å². The molecule has 158 valence electrons. The molecule has 0 fully saturated rings. The Morgan fingerprint density at radius 2 is 1.73 bits per heavy atom. The Morgan fingerprint density at radius 3 is 2.40 bits per heavy atom. The lowest BCUT2D eigenvalue weighted by molar-refractivity contribution is 0.0956. The molecule has 0 saturated carbocycles. The van der Waals surface area contributed by atoms with Crippen LogP contribution < -0.4 is 10.0 Å². The molecule has 1 aromatic heterocycles. The van der Waals surface area contributed by atoms with E-state index in [0.29, 0.717) is 25.1 Å². The van der Waals surface area contributed by atoms with E-state index in [4.69, 9.17) is 0 Å². The van der Waals surface area contributed by atoms with Gasteiger partial charge in [0, 0.05) is 34.2 Å². The first kappa shape index (κ1) is 22.6. The van der Waals surface area contributed by atoms with Crippen molar-refractivity contribution in [1.82, 2.24) is 10.0 Å². The second-order valence-electron chi connectivity index (χ2n) is 6.67. The summed E-state index contributed by atoms with van der Waals surface area (Å²) in [4.78, 5) is 14.7. The fraction of sp³-hybridized carbons (Fsp3) is 0.227. The van der Waals surface area contributed by atoms with Crippen molar-refractivity contribution in [3.05, 3.63) is 82.0 Å². The molecule has 0 radical (unpaired) electrons. The van der Waals surface area contributed by atoms with Crippen LogP contribution in [0.3, 0.4) is 0 Å². The number of carbonyl (C=O) groups is 1. The number of amides is 1. The molecule has 0 spiro atoms. The molecule has 3 aromatic rings. The van der Waals surface area contributed by atoms with Gasteiger partial charge in [-0.1, -0.05) is 23.8 Å². The molecule has 1 amide bonds. The summed E-state index contributed by atoms with van der Waals surface area (Å²) in [6.07, 6.45) is 0.651. The SMILES string of the molecule is Cc1ccc(SCCNC(=O)c2ccc(S(=O)(=O)NCCc3cccs3)cc2)cc1. The molecular weight excluding hydrogens is 436 g/mol. The van der Waals surface area contributed by atoms with Crippen LogP contribution in [0.15, 0.2) is 75.8 Å². The number of thioether (sulfide) groups is 1. The smallest absolute Gasteiger partial charge is 0.251 e. The Labute approximate surface area is 186 Å². The van der Waals surface area contributed by atoms with E-state index in [0.717, 1.165) is 15.5 Å². The Hall–Kier alpha value is -2.13. The van der Waals surface area contributed by atoms with Gasteiger partial charge in [0.15, 0.2) is 0 Å². The largest absolute Gasteiger partial charge is 0.351 e. The standard InChI is InChI=1S/C22H24N2O3S3/c1-17-4-8-20(9-5-17)29-16-14-23-22(25)18-6-10-21(11-7-18)30(26,27)24-13-12-19-3-2-15-28-19/h2-11,15,24H,12-14,16H2,1H3,(H,23,25). The maximum Gasteiger partial charge on any atom is 0.251 e. The molecule has 0 saturated heterocycles. The van der Waals surface area contributed by atoms with Gasteiger partial charge in [0.2, 0.25) is 10.0 Å². The predicted molar refractivity (Wildman–Crippen MR) is 124 cm³/mol. The van der Waals surface area contributed by atoms with E-state index >= 15 is 0 Å². The van der Waals surface area contributed by atoms with Gasteiger partial charge in [0.25, 0.3) is 5.91 Å². The highest BCUT2D eigenvalue weighted by atomic mass is 32.2. The average Bonchev–Trinajstić information content (AvgIpc) is 3.26. The van der Waals surface area contributed by atoms with E-state index in [9.17, 15) is 13.2 Å². The minimum atomic E-state index is -3.59. The maximum atomic E-state index is 12.4. The lowest BCUT2D eigenvalue weighted by Gasteiger charge is -2.08. The summed E-state index contributed by atoms with van der Waals surface area (Å²) in [6.45, 7) is 2.91. The topological polar surface area (TPSA) is 75.3 Å². The molecule has 2 N–H and O–H groups in total. The number of thiophene rings is 1. The normalized spacial score (nSPS) is 11.4. The third-order valence-corrected chi connectivity index (χ3v) is 7.77. The molecule has 0 atom stereocenters. The number of carbonyl (C=O) groups excluding carboxylic acids is 1. The fourth-order valence-corrected chi connectivity index (χ4v) is 5.21. The summed E-state index contributed by atoms with van der Waals surface area (Å²) in [7, 11) is -3.59. The number of rotatable bonds is 10. The molecule has 0 aliphatic rings. The van der Waals surface area contributed by atoms with E-state index in [1.807, 2.05) is 24.4 Å². The Bertz CT molecular complexity index is 1050. The van der Waals surface area contributed by atoms with Crippen LogP contribution in [0.1, 0.15) is 20.8 Å². The quantitative estimate of drug-likeness (QED) is 0.353. The first-order chi connectivity index (χ1) is 14.4. The van der Waals surface area contributed by atoms with Crippen LogP contribution in [-0.4, -0.2) is 33.2 Å². The first-order valence-corrected chi connectivity index (χ1v) is 12.9. The van der Waals surface area contributed by atoms with Crippen molar-refractivity contribution < 1.29 is 13.2 Å². The molecule has 0 aliphatic heterocycles. The third-order valence-electron chi connectivity index (χ3n) is 4.35. The van der Waals surface area contributed by atoms with Gasteiger partial charge in [-0.15, -0.1) is 23.1 Å². The molecule has 0 unspecified atom stereocenters. The highest BCUT2D eigenvalue weighted by molar-refractivity contribution is 7.99. The van der Waals surface area contributed by atoms with E-state index < -0.39 is 10.0 Å². The van der Waals surface area contributed by atoms with Crippen molar-refractivity contribution in [1.29, 1.82) is 0 Å². The van der Waals surface area contributed by atoms with Crippen molar-refractivity contribution in [2.75, 3.05) is 18.8 Å². The van der Waals surface area contributed by atoms with Crippen LogP contribution in [0.2, 0.25) is 0 Å². The highest BCUT2D eigenvalue weighted by Gasteiger charge is 2.14. The monoisotopic (exact) mass is 460 g/mol. The Balaban J connectivity index is 1.45. The number of sulfonamides is 1. The fourth-order valence-electron chi connectivity index (χ4n) is 2.70. The van der Waals surface area contributed by atoms with Crippen LogP contribution in [0.25, 0.3) is 0 Å². The second-order valence-corrected chi connectivity index (χ2v) is 10.6. The van der Waals surface area contributed by atoms with Crippen LogP contribution in [0.5, 0.6) is 0 Å². The molecule has 0 aliphatic carbocycles. The number of hydrogen-bond acceptors (Lipinski definition) is 5. The predicted octanol–water partition coefficient (Wildman–Crippen LogP) is 4.10. The summed E-state index contributed by atoms with van der Waals surface area (Å²) >= 11 is 3.28. The lowest BCUT2D eigenvalue weighted by atomic mass is 10.2. The third kappa shape index (κ3) is 6.70. The average molecular weight is 461 g/mol. The van der Waals surface area contributed by atoms with Crippen molar-refractivity contribution in [2.45, 2.75) is 23.1 Å². The summed E-state index contributed by atoms with van der Waals surface area (Å²) < 4.78 is 27.4. The summed E-state index contributed by atoms with van der Waals surface area (Å²) in [5.74, 6) is 0.546. The zero-order valence-corrected chi connectivity index (χ0v) is 19.1. The summed E-state index contributed by atoms with van der Waals surface area (Å²) in [6, 6.07) is 18.2. The number of aryl methyl sites for hydroxylation is 1. The zero-order valence-electron chi connectivity index (χ0n) is 16.6. The van der Waals surface area contributed by atoms with E-state index in [-0.39, 0.29) is 10.8 Å². The van der Waals surface area contributed by atoms with Gasteiger partial charge in [-0.2, -0.15) is 0 Å². The molecule has 3 rings (SSSR count). The Kier molecular flexibility index (Phi) is 8.09.